The van der Waals surface area contributed by atoms with E-state index in [0.29, 0.717) is 12.2 Å². The number of hydrogen-bond acceptors (Lipinski definition) is 5. The Labute approximate surface area is 145 Å². The summed E-state index contributed by atoms with van der Waals surface area (Å²) >= 11 is 17.7. The van der Waals surface area contributed by atoms with Gasteiger partial charge >= 0.3 is 6.03 Å². The zero-order chi connectivity index (χ0) is 16.4. The van der Waals surface area contributed by atoms with E-state index in [1.807, 2.05) is 30.3 Å². The van der Waals surface area contributed by atoms with Gasteiger partial charge in [0.2, 0.25) is 3.79 Å². The summed E-state index contributed by atoms with van der Waals surface area (Å²) in [6.45, 7) is 0. The first-order valence-corrected chi connectivity index (χ1v) is 7.55. The Morgan fingerprint density at radius 3 is 2.52 bits per heavy atom. The van der Waals surface area contributed by atoms with Crippen LogP contribution in [0.5, 0.6) is 0 Å². The third kappa shape index (κ3) is 3.52. The second kappa shape index (κ2) is 6.27. The van der Waals surface area contributed by atoms with Gasteiger partial charge in [-0.25, -0.2) is 14.8 Å². The minimum Gasteiger partial charge on any atom is -0.243 e. The van der Waals surface area contributed by atoms with Gasteiger partial charge in [-0.15, -0.1) is 5.10 Å². The third-order valence-corrected chi connectivity index (χ3v) is 3.41. The summed E-state index contributed by atoms with van der Waals surface area (Å²) in [7, 11) is 0. The maximum absolute atomic E-state index is 12.4. The van der Waals surface area contributed by atoms with E-state index in [9.17, 15) is 4.79 Å². The number of hydrogen-bond donors (Lipinski definition) is 0. The molecule has 0 spiro atoms. The maximum atomic E-state index is 12.4. The van der Waals surface area contributed by atoms with Crippen LogP contribution >= 0.6 is 34.8 Å². The Kier molecular flexibility index (Phi) is 4.34. The summed E-state index contributed by atoms with van der Waals surface area (Å²) in [5.74, 6) is 0.250. The van der Waals surface area contributed by atoms with E-state index >= 15 is 0 Å². The topological polar surface area (TPSA) is 78.5 Å². The van der Waals surface area contributed by atoms with Crippen LogP contribution in [-0.4, -0.2) is 35.6 Å². The highest BCUT2D eigenvalue weighted by molar-refractivity contribution is 6.66. The molecule has 7 nitrogen and oxygen atoms in total. The van der Waals surface area contributed by atoms with Gasteiger partial charge in [-0.05, 0) is 5.56 Å². The Morgan fingerprint density at radius 2 is 1.91 bits per heavy atom. The van der Waals surface area contributed by atoms with Crippen LogP contribution in [0.25, 0.3) is 0 Å². The van der Waals surface area contributed by atoms with Crippen molar-refractivity contribution < 1.29 is 4.79 Å². The van der Waals surface area contributed by atoms with Crippen molar-refractivity contribution in [2.75, 3.05) is 0 Å². The van der Waals surface area contributed by atoms with Gasteiger partial charge in [0.15, 0.2) is 11.6 Å². The molecule has 0 fully saturated rings. The van der Waals surface area contributed by atoms with Crippen LogP contribution < -0.4 is 0 Å². The molecule has 0 unspecified atom stereocenters. The van der Waals surface area contributed by atoms with Crippen molar-refractivity contribution >= 4 is 40.8 Å². The minimum absolute atomic E-state index is 0.103. The third-order valence-electron chi connectivity index (χ3n) is 2.91. The number of benzene rings is 1. The summed E-state index contributed by atoms with van der Waals surface area (Å²) in [6, 6.07) is 8.86. The lowest BCUT2D eigenvalue weighted by molar-refractivity contribution is 0.237. The number of alkyl halides is 3. The van der Waals surface area contributed by atoms with Gasteiger partial charge in [-0.2, -0.15) is 14.5 Å². The number of carbonyl (C=O) groups is 1. The molecule has 0 bridgehead atoms. The predicted molar refractivity (Wildman–Crippen MR) is 84.7 cm³/mol. The number of halogens is 3. The summed E-state index contributed by atoms with van der Waals surface area (Å²) in [5.41, 5.74) is 0.966. The van der Waals surface area contributed by atoms with Crippen molar-refractivity contribution in [3.05, 3.63) is 60.2 Å². The summed E-state index contributed by atoms with van der Waals surface area (Å²) in [6.07, 6.45) is 2.84. The van der Waals surface area contributed by atoms with E-state index in [1.54, 1.807) is 0 Å². The average Bonchev–Trinajstić information content (AvgIpc) is 3.16. The van der Waals surface area contributed by atoms with Crippen LogP contribution in [0, 0.1) is 0 Å². The molecule has 2 heterocycles. The number of aromatic nitrogens is 6. The van der Waals surface area contributed by atoms with E-state index in [0.717, 1.165) is 14.9 Å². The predicted octanol–water partition coefficient (Wildman–Crippen LogP) is 2.80. The molecule has 3 aromatic rings. The Balaban J connectivity index is 1.99. The molecule has 2 aromatic heterocycles. The van der Waals surface area contributed by atoms with Crippen molar-refractivity contribution in [1.29, 1.82) is 0 Å². The van der Waals surface area contributed by atoms with Crippen LogP contribution in [0.3, 0.4) is 0 Å². The number of carbonyl (C=O) groups excluding carboxylic acids is 1. The SMILES string of the molecule is O=C(n1cncn1)n1nc(Cc2ccccc2)nc1C(Cl)(Cl)Cl. The highest BCUT2D eigenvalue weighted by Gasteiger charge is 2.33. The van der Waals surface area contributed by atoms with Gasteiger partial charge in [0.25, 0.3) is 0 Å². The lowest BCUT2D eigenvalue weighted by Crippen LogP contribution is -2.26. The molecule has 118 valence electrons. The Bertz CT molecular complexity index is 810. The van der Waals surface area contributed by atoms with Gasteiger partial charge in [0.05, 0.1) is 0 Å². The van der Waals surface area contributed by atoms with Crippen LogP contribution in [-0.2, 0) is 10.2 Å². The molecule has 0 radical (unpaired) electrons. The molecule has 3 rings (SSSR count). The molecular formula is C13H9Cl3N6O. The molecule has 1 aromatic carbocycles. The van der Waals surface area contributed by atoms with E-state index in [2.05, 4.69) is 20.2 Å². The number of nitrogens with zero attached hydrogens (tertiary/aromatic N) is 6. The highest BCUT2D eigenvalue weighted by atomic mass is 35.6. The quantitative estimate of drug-likeness (QED) is 0.647. The monoisotopic (exact) mass is 370 g/mol. The van der Waals surface area contributed by atoms with Crippen molar-refractivity contribution in [3.8, 4) is 0 Å². The first kappa shape index (κ1) is 15.9. The smallest absolute Gasteiger partial charge is 0.243 e. The number of rotatable bonds is 2. The fraction of sp³-hybridized carbons (Fsp3) is 0.154. The van der Waals surface area contributed by atoms with E-state index in [4.69, 9.17) is 34.8 Å². The standard InChI is InChI=1S/C13H9Cl3N6O/c14-13(15,16)11-19-10(6-9-4-2-1-3-5-9)20-22(11)12(23)21-8-17-7-18-21/h1-5,7-8H,6H2. The molecule has 0 aliphatic rings. The fourth-order valence-corrected chi connectivity index (χ4v) is 2.30. The van der Waals surface area contributed by atoms with Crippen LogP contribution in [0.4, 0.5) is 4.79 Å². The lowest BCUT2D eigenvalue weighted by atomic mass is 10.1. The molecule has 0 aliphatic carbocycles. The van der Waals surface area contributed by atoms with Crippen molar-refractivity contribution in [1.82, 2.24) is 29.5 Å². The summed E-state index contributed by atoms with van der Waals surface area (Å²) < 4.78 is -0.0149. The van der Waals surface area contributed by atoms with E-state index < -0.39 is 9.82 Å². The molecule has 23 heavy (non-hydrogen) atoms. The first-order valence-electron chi connectivity index (χ1n) is 6.41. The molecule has 10 heteroatoms. The highest BCUT2D eigenvalue weighted by Crippen LogP contribution is 2.37. The fourth-order valence-electron chi connectivity index (χ4n) is 1.93. The van der Waals surface area contributed by atoms with Gasteiger partial charge in [-0.3, -0.25) is 0 Å². The zero-order valence-electron chi connectivity index (χ0n) is 11.5. The zero-order valence-corrected chi connectivity index (χ0v) is 13.7. The first-order chi connectivity index (χ1) is 10.9. The van der Waals surface area contributed by atoms with Crippen molar-refractivity contribution in [2.24, 2.45) is 0 Å². The van der Waals surface area contributed by atoms with E-state index in [-0.39, 0.29) is 5.82 Å². The Morgan fingerprint density at radius 1 is 1.17 bits per heavy atom. The van der Waals surface area contributed by atoms with Crippen molar-refractivity contribution in [3.63, 3.8) is 0 Å². The molecule has 0 saturated carbocycles. The molecule has 0 aliphatic heterocycles. The summed E-state index contributed by atoms with van der Waals surface area (Å²) in [5, 5.41) is 7.89. The molecule has 0 saturated heterocycles. The van der Waals surface area contributed by atoms with Crippen molar-refractivity contribution in [2.45, 2.75) is 10.2 Å². The van der Waals surface area contributed by atoms with Crippen LogP contribution in [0.1, 0.15) is 17.2 Å². The molecule has 0 amide bonds. The van der Waals surface area contributed by atoms with Crippen LogP contribution in [0.15, 0.2) is 43.0 Å². The minimum atomic E-state index is -1.90. The molecule has 0 atom stereocenters. The van der Waals surface area contributed by atoms with E-state index in [1.165, 1.54) is 12.7 Å². The largest absolute Gasteiger partial charge is 0.372 e. The van der Waals surface area contributed by atoms with Crippen LogP contribution in [0.2, 0.25) is 0 Å². The second-order valence-electron chi connectivity index (χ2n) is 4.55. The lowest BCUT2D eigenvalue weighted by Gasteiger charge is -2.10. The Hall–Kier alpha value is -1.96. The molecule has 0 N–H and O–H groups in total. The average molecular weight is 372 g/mol. The van der Waals surface area contributed by atoms with Gasteiger partial charge in [-0.1, -0.05) is 65.1 Å². The maximum Gasteiger partial charge on any atom is 0.372 e. The second-order valence-corrected chi connectivity index (χ2v) is 6.83. The van der Waals surface area contributed by atoms with Gasteiger partial charge in [0, 0.05) is 6.42 Å². The molecular weight excluding hydrogens is 363 g/mol. The normalized spacial score (nSPS) is 11.6. The van der Waals surface area contributed by atoms with Gasteiger partial charge < -0.3 is 0 Å². The summed E-state index contributed by atoms with van der Waals surface area (Å²) in [4.78, 5) is 20.3. The van der Waals surface area contributed by atoms with Gasteiger partial charge in [0.1, 0.15) is 12.7 Å².